The molecule has 0 aromatic carbocycles. The number of rotatable bonds is 8. The second-order valence-electron chi connectivity index (χ2n) is 3.49. The third-order valence-electron chi connectivity index (χ3n) is 1.96. The second-order valence-corrected chi connectivity index (χ2v) is 5.14. The van der Waals surface area contributed by atoms with E-state index in [1.54, 1.807) is 0 Å². The molecule has 0 aliphatic heterocycles. The predicted molar refractivity (Wildman–Crippen MR) is 58.8 cm³/mol. The average molecular weight is 285 g/mol. The molecule has 0 fully saturated rings. The molecule has 0 radical (unpaired) electrons. The second kappa shape index (κ2) is 7.48. The number of azide groups is 1. The SMILES string of the molecule is CS(=O)(=O)OC[C@H](O)[C@@H](O)[C@H](N=[N+]=[N-])[C@H](O)CO. The zero-order valence-electron chi connectivity index (χ0n) is 9.49. The van der Waals surface area contributed by atoms with Gasteiger partial charge in [0.2, 0.25) is 0 Å². The quantitative estimate of drug-likeness (QED) is 0.168. The van der Waals surface area contributed by atoms with Gasteiger partial charge in [-0.15, -0.1) is 0 Å². The van der Waals surface area contributed by atoms with Crippen LogP contribution in [-0.4, -0.2) is 72.7 Å². The zero-order chi connectivity index (χ0) is 14.3. The molecule has 0 unspecified atom stereocenters. The van der Waals surface area contributed by atoms with E-state index in [9.17, 15) is 23.7 Å². The van der Waals surface area contributed by atoms with Gasteiger partial charge in [0.25, 0.3) is 10.1 Å². The number of nitrogens with zero attached hydrogens (tertiary/aromatic N) is 3. The molecule has 11 heteroatoms. The molecule has 0 aromatic rings. The van der Waals surface area contributed by atoms with Crippen molar-refractivity contribution in [3.63, 3.8) is 0 Å². The van der Waals surface area contributed by atoms with Crippen molar-refractivity contribution >= 4 is 10.1 Å². The van der Waals surface area contributed by atoms with Gasteiger partial charge in [0.05, 0.1) is 37.7 Å². The van der Waals surface area contributed by atoms with Gasteiger partial charge in [0.15, 0.2) is 0 Å². The Morgan fingerprint density at radius 1 is 1.33 bits per heavy atom. The van der Waals surface area contributed by atoms with Crippen LogP contribution >= 0.6 is 0 Å². The maximum atomic E-state index is 10.7. The van der Waals surface area contributed by atoms with Crippen LogP contribution in [0.2, 0.25) is 0 Å². The first-order valence-corrected chi connectivity index (χ1v) is 6.58. The van der Waals surface area contributed by atoms with Crippen LogP contribution in [0, 0.1) is 0 Å². The fourth-order valence-corrected chi connectivity index (χ4v) is 1.45. The van der Waals surface area contributed by atoms with E-state index in [-0.39, 0.29) is 0 Å². The van der Waals surface area contributed by atoms with Crippen molar-refractivity contribution in [2.75, 3.05) is 19.5 Å². The Kier molecular flexibility index (Phi) is 7.09. The van der Waals surface area contributed by atoms with E-state index >= 15 is 0 Å². The van der Waals surface area contributed by atoms with Gasteiger partial charge in [0, 0.05) is 4.91 Å². The fourth-order valence-electron chi connectivity index (χ4n) is 1.06. The molecular weight excluding hydrogens is 270 g/mol. The van der Waals surface area contributed by atoms with Crippen LogP contribution in [-0.2, 0) is 14.3 Å². The van der Waals surface area contributed by atoms with E-state index in [0.29, 0.717) is 0 Å². The van der Waals surface area contributed by atoms with Gasteiger partial charge in [-0.1, -0.05) is 5.11 Å². The minimum atomic E-state index is -3.80. The van der Waals surface area contributed by atoms with E-state index < -0.39 is 47.7 Å². The van der Waals surface area contributed by atoms with Crippen LogP contribution < -0.4 is 0 Å². The van der Waals surface area contributed by atoms with Crippen LogP contribution in [0.5, 0.6) is 0 Å². The molecule has 0 heterocycles. The molecular formula is C7H15N3O7S. The first-order valence-electron chi connectivity index (χ1n) is 4.76. The number of hydrogen-bond acceptors (Lipinski definition) is 8. The smallest absolute Gasteiger partial charge is 0.264 e. The van der Waals surface area contributed by atoms with Crippen molar-refractivity contribution in [1.82, 2.24) is 0 Å². The summed E-state index contributed by atoms with van der Waals surface area (Å²) in [5.74, 6) is 0. The van der Waals surface area contributed by atoms with Crippen LogP contribution in [0.25, 0.3) is 10.4 Å². The third kappa shape index (κ3) is 6.12. The molecule has 0 spiro atoms. The minimum Gasteiger partial charge on any atom is -0.394 e. The summed E-state index contributed by atoms with van der Waals surface area (Å²) >= 11 is 0. The number of aliphatic hydroxyl groups is 4. The maximum Gasteiger partial charge on any atom is 0.264 e. The first kappa shape index (κ1) is 17.1. The Morgan fingerprint density at radius 3 is 2.28 bits per heavy atom. The van der Waals surface area contributed by atoms with Gasteiger partial charge in [0.1, 0.15) is 6.10 Å². The molecule has 0 aliphatic rings. The molecule has 4 N–H and O–H groups in total. The normalized spacial score (nSPS) is 18.5. The highest BCUT2D eigenvalue weighted by molar-refractivity contribution is 7.85. The molecule has 0 aliphatic carbocycles. The Balaban J connectivity index is 4.66. The summed E-state index contributed by atoms with van der Waals surface area (Å²) in [7, 11) is -3.80. The largest absolute Gasteiger partial charge is 0.394 e. The van der Waals surface area contributed by atoms with Crippen LogP contribution in [0.4, 0.5) is 0 Å². The summed E-state index contributed by atoms with van der Waals surface area (Å²) in [6.07, 6.45) is -4.34. The van der Waals surface area contributed by atoms with Crippen molar-refractivity contribution in [3.8, 4) is 0 Å². The summed E-state index contributed by atoms with van der Waals surface area (Å²) < 4.78 is 25.6. The molecule has 0 amide bonds. The first-order chi connectivity index (χ1) is 8.22. The van der Waals surface area contributed by atoms with Gasteiger partial charge in [-0.05, 0) is 5.53 Å². The lowest BCUT2D eigenvalue weighted by Gasteiger charge is -2.25. The summed E-state index contributed by atoms with van der Waals surface area (Å²) in [5.41, 5.74) is 8.22. The van der Waals surface area contributed by atoms with Crippen molar-refractivity contribution < 1.29 is 33.0 Å². The number of hydrogen-bond donors (Lipinski definition) is 4. The van der Waals surface area contributed by atoms with Gasteiger partial charge in [-0.3, -0.25) is 4.18 Å². The maximum absolute atomic E-state index is 10.7. The Morgan fingerprint density at radius 2 is 1.89 bits per heavy atom. The topological polar surface area (TPSA) is 173 Å². The zero-order valence-corrected chi connectivity index (χ0v) is 10.3. The van der Waals surface area contributed by atoms with Crippen LogP contribution in [0.3, 0.4) is 0 Å². The fraction of sp³-hybridized carbons (Fsp3) is 1.00. The lowest BCUT2D eigenvalue weighted by Crippen LogP contribution is -2.46. The van der Waals surface area contributed by atoms with Crippen molar-refractivity contribution in [3.05, 3.63) is 10.4 Å². The highest BCUT2D eigenvalue weighted by Crippen LogP contribution is 2.10. The van der Waals surface area contributed by atoms with Crippen molar-refractivity contribution in [2.45, 2.75) is 24.4 Å². The summed E-state index contributed by atoms with van der Waals surface area (Å²) in [6, 6.07) is -1.53. The lowest BCUT2D eigenvalue weighted by atomic mass is 10.0. The molecule has 0 bridgehead atoms. The summed E-state index contributed by atoms with van der Waals surface area (Å²) in [5, 5.41) is 39.9. The summed E-state index contributed by atoms with van der Waals surface area (Å²) in [4.78, 5) is 2.34. The Bertz CT molecular complexity index is 394. The molecule has 0 rings (SSSR count). The van der Waals surface area contributed by atoms with Crippen molar-refractivity contribution in [1.29, 1.82) is 0 Å². The minimum absolute atomic E-state index is 0.750. The van der Waals surface area contributed by atoms with Gasteiger partial charge < -0.3 is 20.4 Å². The van der Waals surface area contributed by atoms with Gasteiger partial charge in [-0.2, -0.15) is 8.42 Å². The van der Waals surface area contributed by atoms with Crippen molar-refractivity contribution in [2.24, 2.45) is 5.11 Å². The highest BCUT2D eigenvalue weighted by atomic mass is 32.2. The number of aliphatic hydroxyl groups excluding tert-OH is 4. The van der Waals surface area contributed by atoms with E-state index in [0.717, 1.165) is 6.26 Å². The average Bonchev–Trinajstić information content (AvgIpc) is 2.30. The Hall–Kier alpha value is -0.940. The van der Waals surface area contributed by atoms with Crippen LogP contribution in [0.1, 0.15) is 0 Å². The molecule has 0 saturated heterocycles. The van der Waals surface area contributed by atoms with Gasteiger partial charge >= 0.3 is 0 Å². The van der Waals surface area contributed by atoms with E-state index in [2.05, 4.69) is 14.2 Å². The van der Waals surface area contributed by atoms with E-state index in [1.165, 1.54) is 0 Å². The monoisotopic (exact) mass is 285 g/mol. The standard InChI is InChI=1S/C7H15N3O7S/c1-18(15,16)17-3-5(13)7(14)6(9-10-8)4(12)2-11/h4-7,11-14H,2-3H2,1H3/t4-,5+,6-,7-/m1/s1. The van der Waals surface area contributed by atoms with Crippen LogP contribution in [0.15, 0.2) is 5.11 Å². The molecule has 0 saturated carbocycles. The molecule has 4 atom stereocenters. The molecule has 0 aromatic heterocycles. The predicted octanol–water partition coefficient (Wildman–Crippen LogP) is -2.28. The van der Waals surface area contributed by atoms with E-state index in [1.807, 2.05) is 0 Å². The van der Waals surface area contributed by atoms with Gasteiger partial charge in [-0.25, -0.2) is 0 Å². The molecule has 106 valence electrons. The van der Waals surface area contributed by atoms with E-state index in [4.69, 9.17) is 10.6 Å². The Labute approximate surface area is 103 Å². The lowest BCUT2D eigenvalue weighted by molar-refractivity contribution is -0.0521. The third-order valence-corrected chi connectivity index (χ3v) is 2.53. The highest BCUT2D eigenvalue weighted by Gasteiger charge is 2.31. The summed E-state index contributed by atoms with van der Waals surface area (Å²) in [6.45, 7) is -1.57. The molecule has 18 heavy (non-hydrogen) atoms. The molecule has 10 nitrogen and oxygen atoms in total.